The van der Waals surface area contributed by atoms with Gasteiger partial charge in [0, 0.05) is 12.0 Å². The van der Waals surface area contributed by atoms with Crippen LogP contribution in [-0.4, -0.2) is 26.1 Å². The fourth-order valence-electron chi connectivity index (χ4n) is 3.82. The molecule has 2 nitrogen and oxygen atoms in total. The zero-order valence-corrected chi connectivity index (χ0v) is 19.1. The van der Waals surface area contributed by atoms with Crippen molar-refractivity contribution in [2.75, 3.05) is 6.61 Å². The summed E-state index contributed by atoms with van der Waals surface area (Å²) in [6.45, 7) is 15.3. The first-order valence-corrected chi connectivity index (χ1v) is 12.1. The zero-order valence-electron chi connectivity index (χ0n) is 18.1. The third-order valence-electron chi connectivity index (χ3n) is 5.62. The minimum atomic E-state index is -2.57. The van der Waals surface area contributed by atoms with Gasteiger partial charge in [-0.2, -0.15) is 0 Å². The Morgan fingerprint density at radius 2 is 1.39 bits per heavy atom. The first kappa shape index (κ1) is 22.6. The molecular weight excluding hydrogens is 360 g/mol. The Morgan fingerprint density at radius 1 is 0.929 bits per heavy atom. The second-order valence-electron chi connectivity index (χ2n) is 9.32. The lowest BCUT2D eigenvalue weighted by atomic mass is 9.85. The van der Waals surface area contributed by atoms with Gasteiger partial charge in [0.2, 0.25) is 0 Å². The van der Waals surface area contributed by atoms with E-state index in [9.17, 15) is 5.11 Å². The summed E-state index contributed by atoms with van der Waals surface area (Å²) in [4.78, 5) is 0. The highest BCUT2D eigenvalue weighted by molar-refractivity contribution is 6.99. The van der Waals surface area contributed by atoms with E-state index in [1.807, 2.05) is 6.08 Å². The smallest absolute Gasteiger partial charge is 0.261 e. The van der Waals surface area contributed by atoms with E-state index in [-0.39, 0.29) is 10.5 Å². The van der Waals surface area contributed by atoms with Gasteiger partial charge in [0.25, 0.3) is 8.32 Å². The van der Waals surface area contributed by atoms with Gasteiger partial charge in [-0.1, -0.05) is 101 Å². The lowest BCUT2D eigenvalue weighted by Gasteiger charge is -2.45. The van der Waals surface area contributed by atoms with Gasteiger partial charge in [-0.15, -0.1) is 6.58 Å². The lowest BCUT2D eigenvalue weighted by Crippen LogP contribution is -2.67. The van der Waals surface area contributed by atoms with Crippen LogP contribution in [0.4, 0.5) is 0 Å². The van der Waals surface area contributed by atoms with Gasteiger partial charge in [-0.05, 0) is 28.3 Å². The van der Waals surface area contributed by atoms with Gasteiger partial charge < -0.3 is 9.53 Å². The Bertz CT molecular complexity index is 693. The third-order valence-corrected chi connectivity index (χ3v) is 10.6. The highest BCUT2D eigenvalue weighted by Gasteiger charge is 2.51. The molecule has 0 fully saturated rings. The van der Waals surface area contributed by atoms with E-state index >= 15 is 0 Å². The van der Waals surface area contributed by atoms with E-state index in [0.717, 1.165) is 6.42 Å². The van der Waals surface area contributed by atoms with Crippen molar-refractivity contribution >= 4 is 18.7 Å². The summed E-state index contributed by atoms with van der Waals surface area (Å²) in [7, 11) is -2.57. The highest BCUT2D eigenvalue weighted by atomic mass is 28.4. The van der Waals surface area contributed by atoms with E-state index in [4.69, 9.17) is 4.43 Å². The zero-order chi connectivity index (χ0) is 20.8. The molecule has 0 bridgehead atoms. The Balaban J connectivity index is 2.49. The van der Waals surface area contributed by atoms with Crippen molar-refractivity contribution in [2.24, 2.45) is 5.41 Å². The van der Waals surface area contributed by atoms with E-state index in [1.54, 1.807) is 0 Å². The molecule has 1 N–H and O–H groups in total. The SMILES string of the molecule is C=CCC[C@@H](O)C(C)(C)CO[Si](c1ccccc1)(c1ccccc1)C(C)(C)C. The van der Waals surface area contributed by atoms with Gasteiger partial charge in [0.05, 0.1) is 6.10 Å². The van der Waals surface area contributed by atoms with Crippen LogP contribution in [0, 0.1) is 5.41 Å². The number of aliphatic hydroxyl groups excluding tert-OH is 1. The molecule has 0 unspecified atom stereocenters. The second-order valence-corrected chi connectivity index (χ2v) is 13.6. The van der Waals surface area contributed by atoms with Crippen LogP contribution in [-0.2, 0) is 4.43 Å². The molecule has 2 aromatic rings. The normalized spacial score (nSPS) is 13.9. The molecular formula is C25H36O2Si. The summed E-state index contributed by atoms with van der Waals surface area (Å²) in [5.74, 6) is 0. The number of hydrogen-bond donors (Lipinski definition) is 1. The molecule has 0 aliphatic carbocycles. The van der Waals surface area contributed by atoms with E-state index < -0.39 is 14.4 Å². The third kappa shape index (κ3) is 4.83. The second kappa shape index (κ2) is 9.21. The summed E-state index contributed by atoms with van der Waals surface area (Å²) in [6, 6.07) is 21.3. The molecule has 2 rings (SSSR count). The molecule has 0 radical (unpaired) electrons. The molecule has 0 aliphatic rings. The fraction of sp³-hybridized carbons (Fsp3) is 0.440. The molecule has 0 aliphatic heterocycles. The van der Waals surface area contributed by atoms with Gasteiger partial charge in [-0.3, -0.25) is 0 Å². The fourth-order valence-corrected chi connectivity index (χ4v) is 8.56. The Hall–Kier alpha value is -1.68. The van der Waals surface area contributed by atoms with E-state index in [0.29, 0.717) is 13.0 Å². The lowest BCUT2D eigenvalue weighted by molar-refractivity contribution is 0.00822. The van der Waals surface area contributed by atoms with Crippen molar-refractivity contribution in [1.29, 1.82) is 0 Å². The topological polar surface area (TPSA) is 29.5 Å². The van der Waals surface area contributed by atoms with E-state index in [1.165, 1.54) is 10.4 Å². The van der Waals surface area contributed by atoms with E-state index in [2.05, 4.69) is 102 Å². The molecule has 0 aromatic heterocycles. The van der Waals surface area contributed by atoms with Crippen LogP contribution >= 0.6 is 0 Å². The average molecular weight is 397 g/mol. The Kier molecular flexibility index (Phi) is 7.44. The van der Waals surface area contributed by atoms with Gasteiger partial charge in [0.1, 0.15) is 0 Å². The summed E-state index contributed by atoms with van der Waals surface area (Å²) in [5, 5.41) is 13.2. The summed E-state index contributed by atoms with van der Waals surface area (Å²) in [5.41, 5.74) is -0.337. The van der Waals surface area contributed by atoms with Crippen LogP contribution in [0.1, 0.15) is 47.5 Å². The molecule has 0 saturated carbocycles. The largest absolute Gasteiger partial charge is 0.407 e. The van der Waals surface area contributed by atoms with Gasteiger partial charge in [-0.25, -0.2) is 0 Å². The molecule has 1 atom stereocenters. The minimum absolute atomic E-state index is 0.0577. The molecule has 3 heteroatoms. The standard InChI is InChI=1S/C25H36O2Si/c1-7-8-19-23(26)25(5,6)20-27-28(24(2,3)4,21-15-11-9-12-16-21)22-17-13-10-14-18-22/h7,9-18,23,26H,1,8,19-20H2,2-6H3/t23-/m1/s1. The Morgan fingerprint density at radius 3 is 1.79 bits per heavy atom. The predicted molar refractivity (Wildman–Crippen MR) is 123 cm³/mol. The predicted octanol–water partition coefficient (Wildman–Crippen LogP) is 4.92. The molecule has 28 heavy (non-hydrogen) atoms. The quantitative estimate of drug-likeness (QED) is 0.482. The van der Waals surface area contributed by atoms with Crippen LogP contribution in [0.25, 0.3) is 0 Å². The highest BCUT2D eigenvalue weighted by Crippen LogP contribution is 2.38. The van der Waals surface area contributed by atoms with Crippen LogP contribution in [0.5, 0.6) is 0 Å². The first-order valence-electron chi connectivity index (χ1n) is 10.2. The maximum absolute atomic E-state index is 10.7. The molecule has 0 amide bonds. The molecule has 0 heterocycles. The van der Waals surface area contributed by atoms with Crippen LogP contribution in [0.2, 0.25) is 5.04 Å². The maximum atomic E-state index is 10.7. The monoisotopic (exact) mass is 396 g/mol. The Labute approximate surface area is 172 Å². The van der Waals surface area contributed by atoms with Crippen molar-refractivity contribution < 1.29 is 9.53 Å². The number of hydrogen-bond acceptors (Lipinski definition) is 2. The number of benzene rings is 2. The van der Waals surface area contributed by atoms with Crippen LogP contribution in [0.15, 0.2) is 73.3 Å². The van der Waals surface area contributed by atoms with Crippen molar-refractivity contribution in [1.82, 2.24) is 0 Å². The van der Waals surface area contributed by atoms with Gasteiger partial charge >= 0.3 is 0 Å². The maximum Gasteiger partial charge on any atom is 0.261 e. The average Bonchev–Trinajstić information content (AvgIpc) is 2.67. The number of rotatable bonds is 9. The first-order chi connectivity index (χ1) is 13.1. The molecule has 2 aromatic carbocycles. The number of aliphatic hydroxyl groups is 1. The van der Waals surface area contributed by atoms with Crippen LogP contribution in [0.3, 0.4) is 0 Å². The van der Waals surface area contributed by atoms with Crippen LogP contribution < -0.4 is 10.4 Å². The van der Waals surface area contributed by atoms with Crippen molar-refractivity contribution in [3.8, 4) is 0 Å². The minimum Gasteiger partial charge on any atom is -0.407 e. The van der Waals surface area contributed by atoms with Gasteiger partial charge in [0.15, 0.2) is 0 Å². The summed E-state index contributed by atoms with van der Waals surface area (Å²) >= 11 is 0. The van der Waals surface area contributed by atoms with Crippen molar-refractivity contribution in [2.45, 2.75) is 58.6 Å². The van der Waals surface area contributed by atoms with Crippen molar-refractivity contribution in [3.63, 3.8) is 0 Å². The molecule has 0 spiro atoms. The van der Waals surface area contributed by atoms with Crippen molar-refractivity contribution in [3.05, 3.63) is 73.3 Å². The molecule has 0 saturated heterocycles. The number of allylic oxidation sites excluding steroid dienone is 1. The molecule has 152 valence electrons. The summed E-state index contributed by atoms with van der Waals surface area (Å²) < 4.78 is 6.99. The summed E-state index contributed by atoms with van der Waals surface area (Å²) in [6.07, 6.45) is 2.95.